The molecule has 3 aromatic carbocycles. The summed E-state index contributed by atoms with van der Waals surface area (Å²) in [5, 5.41) is 0. The number of benzene rings is 3. The van der Waals surface area contributed by atoms with E-state index in [0.29, 0.717) is 17.2 Å². The minimum absolute atomic E-state index is 0.397. The van der Waals surface area contributed by atoms with Crippen LogP contribution < -0.4 is 13.6 Å². The van der Waals surface area contributed by atoms with E-state index >= 15 is 0 Å². The van der Waals surface area contributed by atoms with Gasteiger partial charge in [0.25, 0.3) is 0 Å². The molecule has 0 N–H and O–H groups in total. The summed E-state index contributed by atoms with van der Waals surface area (Å²) in [6.45, 7) is 24.9. The number of hydrogen-bond donors (Lipinski definition) is 0. The first-order valence-electron chi connectivity index (χ1n) is 17.6. The van der Waals surface area contributed by atoms with Crippen molar-refractivity contribution in [2.45, 2.75) is 121 Å². The van der Waals surface area contributed by atoms with Gasteiger partial charge in [-0.25, -0.2) is 0 Å². The van der Waals surface area contributed by atoms with Gasteiger partial charge in [-0.05, 0) is 126 Å². The Balaban J connectivity index is 2.30. The van der Waals surface area contributed by atoms with Gasteiger partial charge in [0.2, 0.25) is 0 Å². The monoisotopic (exact) mass is 796 g/mol. The number of nitrogens with zero attached hydrogens (tertiary/aromatic N) is 4. The van der Waals surface area contributed by atoms with E-state index in [2.05, 4.69) is 0 Å². The molecule has 12 nitrogen and oxygen atoms in total. The van der Waals surface area contributed by atoms with Gasteiger partial charge in [-0.2, -0.15) is 0 Å². The molecule has 0 saturated heterocycles. The van der Waals surface area contributed by atoms with Crippen molar-refractivity contribution in [3.05, 3.63) is 89.5 Å². The maximum atomic E-state index is 6.91. The highest BCUT2D eigenvalue weighted by Crippen LogP contribution is 2.81. The fraction of sp³-hybridized carbons (Fsp3) is 0.500. The molecule has 0 aliphatic carbocycles. The van der Waals surface area contributed by atoms with Gasteiger partial charge in [0, 0.05) is 0 Å². The van der Waals surface area contributed by atoms with Crippen LogP contribution >= 0.6 is 30.6 Å². The summed E-state index contributed by atoms with van der Waals surface area (Å²) in [4.78, 5) is 0. The van der Waals surface area contributed by atoms with Gasteiger partial charge in [-0.15, -0.1) is 18.1 Å². The zero-order valence-electron chi connectivity index (χ0n) is 32.7. The fourth-order valence-corrected chi connectivity index (χ4v) is 17.7. The van der Waals surface area contributed by atoms with Crippen molar-refractivity contribution in [1.82, 2.24) is 0 Å². The Kier molecular flexibility index (Phi) is 14.7. The molecule has 0 bridgehead atoms. The van der Waals surface area contributed by atoms with Crippen molar-refractivity contribution in [3.63, 3.8) is 0 Å². The van der Waals surface area contributed by atoms with E-state index < -0.39 is 61.2 Å². The summed E-state index contributed by atoms with van der Waals surface area (Å²) in [5.41, 5.74) is 3.14. The van der Waals surface area contributed by atoms with Crippen LogP contribution in [0.1, 0.15) is 85.9 Å². The molecule has 0 aromatic heterocycles. The normalized spacial score (nSPS) is 19.3. The lowest BCUT2D eigenvalue weighted by molar-refractivity contribution is 0.159. The molecular weight excluding hydrogens is 740 g/mol. The van der Waals surface area contributed by atoms with Gasteiger partial charge in [-0.1, -0.05) is 53.1 Å². The van der Waals surface area contributed by atoms with Gasteiger partial charge in [0.1, 0.15) is 17.2 Å². The van der Waals surface area contributed by atoms with Crippen LogP contribution in [-0.4, -0.2) is 30.5 Å². The Hall–Kier alpha value is -2.22. The Labute approximate surface area is 311 Å². The van der Waals surface area contributed by atoms with E-state index in [1.54, 1.807) is 0 Å². The first-order valence-corrected chi connectivity index (χ1v) is 23.7. The van der Waals surface area contributed by atoms with Crippen molar-refractivity contribution in [1.29, 1.82) is 0 Å². The minimum Gasteiger partial charge on any atom is -0.422 e. The van der Waals surface area contributed by atoms with Gasteiger partial charge in [0.15, 0.2) is 0 Å². The van der Waals surface area contributed by atoms with Gasteiger partial charge in [0.05, 0.1) is 30.5 Å². The third kappa shape index (κ3) is 12.4. The first-order chi connectivity index (χ1) is 24.3. The van der Waals surface area contributed by atoms with Crippen molar-refractivity contribution in [2.24, 2.45) is 18.1 Å². The average Bonchev–Trinajstić information content (AvgIpc) is 2.98. The van der Waals surface area contributed by atoms with E-state index in [-0.39, 0.29) is 0 Å². The summed E-state index contributed by atoms with van der Waals surface area (Å²) in [5.74, 6) is 1.35. The van der Waals surface area contributed by atoms with Crippen LogP contribution in [0.25, 0.3) is 0 Å². The molecule has 4 rings (SSSR count). The summed E-state index contributed by atoms with van der Waals surface area (Å²) in [6, 6.07) is 22.7. The third-order valence-corrected chi connectivity index (χ3v) is 18.4. The molecule has 1 atom stereocenters. The van der Waals surface area contributed by atoms with E-state index in [4.69, 9.17) is 54.3 Å². The average molecular weight is 797 g/mol. The molecule has 0 radical (unpaired) electrons. The van der Waals surface area contributed by atoms with Crippen LogP contribution in [0.3, 0.4) is 0 Å². The van der Waals surface area contributed by atoms with Crippen molar-refractivity contribution < 1.29 is 36.2 Å². The van der Waals surface area contributed by atoms with Crippen molar-refractivity contribution in [2.75, 3.05) is 0 Å². The van der Waals surface area contributed by atoms with E-state index in [0.717, 1.165) is 16.7 Å². The minimum atomic E-state index is -4.05. The molecule has 0 saturated carbocycles. The van der Waals surface area contributed by atoms with Gasteiger partial charge in [-0.3, -0.25) is 4.52 Å². The summed E-state index contributed by atoms with van der Waals surface area (Å²) >= 11 is 0. The molecule has 16 heteroatoms. The third-order valence-electron chi connectivity index (χ3n) is 6.38. The second kappa shape index (κ2) is 17.9. The maximum Gasteiger partial charge on any atom is 0.458 e. The first kappa shape index (κ1) is 42.5. The van der Waals surface area contributed by atoms with Gasteiger partial charge < -0.3 is 31.7 Å². The molecule has 0 amide bonds. The topological polar surface area (TPSA) is 123 Å². The molecule has 52 heavy (non-hydrogen) atoms. The van der Waals surface area contributed by atoms with Crippen LogP contribution in [0.15, 0.2) is 90.9 Å². The highest BCUT2D eigenvalue weighted by Gasteiger charge is 2.47. The highest BCUT2D eigenvalue weighted by molar-refractivity contribution is 7.78. The van der Waals surface area contributed by atoms with Crippen LogP contribution in [0, 0.1) is 20.8 Å². The quantitative estimate of drug-likeness (QED) is 0.131. The Morgan fingerprint density at radius 1 is 0.327 bits per heavy atom. The predicted molar refractivity (Wildman–Crippen MR) is 214 cm³/mol. The lowest BCUT2D eigenvalue weighted by Crippen LogP contribution is -2.13. The molecule has 1 unspecified atom stereocenters. The standard InChI is InChI=1S/C36H56N4O8P4/c1-26(2)41-49(42-27(3)4)37-50(43-28(5)6,44-29(7)8)39-52(47-35-22-16-32(12)17-23-35,48-36-24-18-33(13)19-25-36)40-51(38-49,45-30(9)10)46-34-20-14-31(11)15-21-34/h14-30H,1-13H3. The van der Waals surface area contributed by atoms with Crippen LogP contribution in [0.5, 0.6) is 17.2 Å². The fourth-order valence-electron chi connectivity index (χ4n) is 4.64. The second-order valence-corrected chi connectivity index (χ2v) is 22.2. The highest BCUT2D eigenvalue weighted by atomic mass is 31.3. The number of rotatable bonds is 16. The molecule has 3 aromatic rings. The second-order valence-electron chi connectivity index (χ2n) is 13.8. The lowest BCUT2D eigenvalue weighted by Gasteiger charge is -2.35. The van der Waals surface area contributed by atoms with E-state index in [1.807, 2.05) is 163 Å². The lowest BCUT2D eigenvalue weighted by atomic mass is 10.2. The van der Waals surface area contributed by atoms with Crippen molar-refractivity contribution in [3.8, 4) is 17.2 Å². The van der Waals surface area contributed by atoms with Gasteiger partial charge >= 0.3 is 30.6 Å². The van der Waals surface area contributed by atoms with Crippen LogP contribution in [-0.2, 0) is 22.6 Å². The molecule has 0 fully saturated rings. The van der Waals surface area contributed by atoms with E-state index in [9.17, 15) is 0 Å². The predicted octanol–water partition coefficient (Wildman–Crippen LogP) is 14.1. The largest absolute Gasteiger partial charge is 0.458 e. The molecule has 1 aliphatic rings. The summed E-state index contributed by atoms with van der Waals surface area (Å²) < 4.78 is 75.6. The zero-order valence-corrected chi connectivity index (χ0v) is 36.2. The van der Waals surface area contributed by atoms with Crippen LogP contribution in [0.2, 0.25) is 0 Å². The van der Waals surface area contributed by atoms with E-state index in [1.165, 1.54) is 0 Å². The smallest absolute Gasteiger partial charge is 0.422 e. The summed E-state index contributed by atoms with van der Waals surface area (Å²) in [6.07, 6.45) is -2.05. The Morgan fingerprint density at radius 2 is 0.538 bits per heavy atom. The Morgan fingerprint density at radius 3 is 0.827 bits per heavy atom. The molecule has 1 aliphatic heterocycles. The maximum absolute atomic E-state index is 6.91. The number of aryl methyl sites for hydroxylation is 3. The molecule has 288 valence electrons. The summed E-state index contributed by atoms with van der Waals surface area (Å²) in [7, 11) is -15.6. The van der Waals surface area contributed by atoms with Crippen molar-refractivity contribution >= 4 is 30.6 Å². The number of hydrogen-bond acceptors (Lipinski definition) is 12. The van der Waals surface area contributed by atoms with Crippen LogP contribution in [0.4, 0.5) is 0 Å². The molecular formula is C36H56N4O8P4. The Bertz CT molecular complexity index is 1780. The SMILES string of the molecule is Cc1ccc(OP2(Oc3ccc(C)cc3)=NP(OC(C)C)(OC(C)C)=NP(OC(C)C)(OC(C)C)=NP(Oc3ccc(C)cc3)(OC(C)C)=N2)cc1. The molecule has 1 heterocycles. The molecule has 0 spiro atoms. The zero-order chi connectivity index (χ0) is 38.3.